The van der Waals surface area contributed by atoms with Crippen molar-refractivity contribution in [1.29, 1.82) is 0 Å². The predicted molar refractivity (Wildman–Crippen MR) is 65.6 cm³/mol. The van der Waals surface area contributed by atoms with Crippen LogP contribution in [-0.4, -0.2) is 24.1 Å². The Hall–Kier alpha value is -1.69. The number of nitrogens with one attached hydrogen (secondary N) is 1. The number of carbonyl (C=O) groups is 1. The molecule has 0 saturated heterocycles. The number of benzene rings is 1. The van der Waals surface area contributed by atoms with E-state index in [-0.39, 0.29) is 12.6 Å². The smallest absolute Gasteiger partial charge is 0.240 e. The Labute approximate surface area is 109 Å². The van der Waals surface area contributed by atoms with E-state index in [0.29, 0.717) is 0 Å². The molecular weight excluding hydrogens is 254 g/mol. The number of hydrogen-bond acceptors (Lipinski definition) is 3. The van der Waals surface area contributed by atoms with Gasteiger partial charge in [-0.2, -0.15) is 0 Å². The van der Waals surface area contributed by atoms with Crippen molar-refractivity contribution in [3.8, 4) is 5.75 Å². The highest BCUT2D eigenvalue weighted by Crippen LogP contribution is 2.25. The maximum absolute atomic E-state index is 13.4. The summed E-state index contributed by atoms with van der Waals surface area (Å²) >= 11 is 0. The fraction of sp³-hybridized carbons (Fsp3) is 0.462. The van der Waals surface area contributed by atoms with Crippen LogP contribution in [0.3, 0.4) is 0 Å². The van der Waals surface area contributed by atoms with Crippen molar-refractivity contribution in [2.45, 2.75) is 31.3 Å². The molecule has 2 rings (SSSR count). The van der Waals surface area contributed by atoms with Gasteiger partial charge >= 0.3 is 0 Å². The number of halogens is 2. The van der Waals surface area contributed by atoms with Crippen molar-refractivity contribution < 1.29 is 18.3 Å². The lowest BCUT2D eigenvalue weighted by atomic mass is 10.0. The molecule has 1 aromatic carbocycles. The fourth-order valence-electron chi connectivity index (χ4n) is 1.70. The van der Waals surface area contributed by atoms with Gasteiger partial charge in [0.1, 0.15) is 12.1 Å². The lowest BCUT2D eigenvalue weighted by Gasteiger charge is -2.27. The van der Waals surface area contributed by atoms with E-state index in [1.165, 1.54) is 6.07 Å². The summed E-state index contributed by atoms with van der Waals surface area (Å²) in [5.74, 6) is -2.72. The average Bonchev–Trinajstić information content (AvgIpc) is 3.12. The molecule has 6 heteroatoms. The zero-order valence-electron chi connectivity index (χ0n) is 10.6. The Morgan fingerprint density at radius 1 is 1.47 bits per heavy atom. The van der Waals surface area contributed by atoms with Gasteiger partial charge in [0.25, 0.3) is 0 Å². The van der Waals surface area contributed by atoms with Gasteiger partial charge in [0, 0.05) is 6.04 Å². The summed E-state index contributed by atoms with van der Waals surface area (Å²) in [5, 5.41) is 3.03. The molecule has 1 aliphatic carbocycles. The van der Waals surface area contributed by atoms with Gasteiger partial charge in [-0.1, -0.05) is 6.07 Å². The monoisotopic (exact) mass is 270 g/mol. The lowest BCUT2D eigenvalue weighted by Crippen LogP contribution is -2.57. The molecule has 4 nitrogen and oxygen atoms in total. The molecule has 3 N–H and O–H groups in total. The molecule has 0 spiro atoms. The Kier molecular flexibility index (Phi) is 3.71. The summed E-state index contributed by atoms with van der Waals surface area (Å²) in [6.07, 6.45) is 1.91. The molecule has 0 bridgehead atoms. The minimum Gasteiger partial charge on any atom is -0.485 e. The van der Waals surface area contributed by atoms with E-state index >= 15 is 0 Å². The molecular formula is C13H16F2N2O2. The molecule has 1 amide bonds. The second kappa shape index (κ2) is 5.13. The van der Waals surface area contributed by atoms with Crippen LogP contribution < -0.4 is 15.8 Å². The van der Waals surface area contributed by atoms with E-state index in [9.17, 15) is 13.6 Å². The fourth-order valence-corrected chi connectivity index (χ4v) is 1.70. The van der Waals surface area contributed by atoms with Crippen molar-refractivity contribution >= 4 is 5.91 Å². The Morgan fingerprint density at radius 3 is 2.53 bits per heavy atom. The van der Waals surface area contributed by atoms with Gasteiger partial charge in [-0.25, -0.2) is 8.78 Å². The minimum atomic E-state index is -1.14. The molecule has 1 atom stereocenters. The molecule has 0 heterocycles. The van der Waals surface area contributed by atoms with Gasteiger partial charge < -0.3 is 10.5 Å². The molecule has 1 aliphatic rings. The Morgan fingerprint density at radius 2 is 2.05 bits per heavy atom. The van der Waals surface area contributed by atoms with Gasteiger partial charge in [-0.05, 0) is 31.9 Å². The molecule has 19 heavy (non-hydrogen) atoms. The molecule has 1 aromatic rings. The van der Waals surface area contributed by atoms with E-state index in [4.69, 9.17) is 10.5 Å². The number of amides is 1. The summed E-state index contributed by atoms with van der Waals surface area (Å²) < 4.78 is 31.9. The standard InChI is InChI=1S/C13H16F2N2O2/c1-13(12(16)18,17-8-5-6-8)7-19-11-9(14)3-2-4-10(11)15/h2-4,8,17H,5-7H2,1H3,(H2,16,18). The molecule has 0 aliphatic heterocycles. The number of nitrogens with two attached hydrogens (primary N) is 1. The van der Waals surface area contributed by atoms with Crippen LogP contribution in [0.5, 0.6) is 5.75 Å². The third-order valence-corrected chi connectivity index (χ3v) is 3.07. The van der Waals surface area contributed by atoms with Gasteiger partial charge in [0.05, 0.1) is 0 Å². The SMILES string of the molecule is CC(COc1c(F)cccc1F)(NC1CC1)C(N)=O. The number of hydrogen-bond donors (Lipinski definition) is 2. The van der Waals surface area contributed by atoms with Crippen molar-refractivity contribution in [3.63, 3.8) is 0 Å². The normalized spacial score (nSPS) is 17.8. The maximum Gasteiger partial charge on any atom is 0.240 e. The van der Waals surface area contributed by atoms with E-state index in [2.05, 4.69) is 5.32 Å². The van der Waals surface area contributed by atoms with Crippen LogP contribution in [0.25, 0.3) is 0 Å². The first-order chi connectivity index (χ1) is 8.92. The number of rotatable bonds is 6. The number of primary amides is 1. The van der Waals surface area contributed by atoms with Crippen LogP contribution in [0.1, 0.15) is 19.8 Å². The largest absolute Gasteiger partial charge is 0.485 e. The van der Waals surface area contributed by atoms with Gasteiger partial charge in [-0.3, -0.25) is 10.1 Å². The van der Waals surface area contributed by atoms with E-state index < -0.39 is 28.8 Å². The third-order valence-electron chi connectivity index (χ3n) is 3.07. The molecule has 104 valence electrons. The van der Waals surface area contributed by atoms with E-state index in [1.807, 2.05) is 0 Å². The van der Waals surface area contributed by atoms with Gasteiger partial charge in [0.15, 0.2) is 17.4 Å². The topological polar surface area (TPSA) is 64.3 Å². The second-order valence-corrected chi connectivity index (χ2v) is 4.95. The van der Waals surface area contributed by atoms with Crippen LogP contribution in [0.2, 0.25) is 0 Å². The van der Waals surface area contributed by atoms with Crippen LogP contribution in [0.15, 0.2) is 18.2 Å². The predicted octanol–water partition coefficient (Wildman–Crippen LogP) is 1.34. The second-order valence-electron chi connectivity index (χ2n) is 4.95. The third kappa shape index (κ3) is 3.20. The molecule has 1 unspecified atom stereocenters. The highest BCUT2D eigenvalue weighted by atomic mass is 19.1. The maximum atomic E-state index is 13.4. The highest BCUT2D eigenvalue weighted by molar-refractivity contribution is 5.84. The number of ether oxygens (including phenoxy) is 1. The summed E-state index contributed by atoms with van der Waals surface area (Å²) in [4.78, 5) is 11.5. The van der Waals surface area contributed by atoms with Gasteiger partial charge in [-0.15, -0.1) is 0 Å². The Balaban J connectivity index is 2.08. The summed E-state index contributed by atoms with van der Waals surface area (Å²) in [5.41, 5.74) is 4.18. The van der Waals surface area contributed by atoms with Crippen molar-refractivity contribution in [2.24, 2.45) is 5.73 Å². The zero-order chi connectivity index (χ0) is 14.0. The van der Waals surface area contributed by atoms with Crippen LogP contribution >= 0.6 is 0 Å². The first-order valence-corrected chi connectivity index (χ1v) is 6.07. The molecule has 0 aromatic heterocycles. The summed E-state index contributed by atoms with van der Waals surface area (Å²) in [6, 6.07) is 3.64. The molecule has 1 fully saturated rings. The first-order valence-electron chi connectivity index (χ1n) is 6.07. The molecule has 0 radical (unpaired) electrons. The zero-order valence-corrected chi connectivity index (χ0v) is 10.6. The summed E-state index contributed by atoms with van der Waals surface area (Å²) in [6.45, 7) is 1.34. The van der Waals surface area contributed by atoms with Crippen LogP contribution in [-0.2, 0) is 4.79 Å². The molecule has 1 saturated carbocycles. The number of para-hydroxylation sites is 1. The highest BCUT2D eigenvalue weighted by Gasteiger charge is 2.38. The van der Waals surface area contributed by atoms with Gasteiger partial charge in [0.2, 0.25) is 5.91 Å². The average molecular weight is 270 g/mol. The summed E-state index contributed by atoms with van der Waals surface area (Å²) in [7, 11) is 0. The van der Waals surface area contributed by atoms with Crippen molar-refractivity contribution in [2.75, 3.05) is 6.61 Å². The van der Waals surface area contributed by atoms with Crippen LogP contribution in [0, 0.1) is 11.6 Å². The van der Waals surface area contributed by atoms with E-state index in [1.54, 1.807) is 6.92 Å². The number of carbonyl (C=O) groups excluding carboxylic acids is 1. The van der Waals surface area contributed by atoms with Crippen molar-refractivity contribution in [3.05, 3.63) is 29.8 Å². The Bertz CT molecular complexity index is 471. The minimum absolute atomic E-state index is 0.214. The van der Waals surface area contributed by atoms with E-state index in [0.717, 1.165) is 25.0 Å². The van der Waals surface area contributed by atoms with Crippen molar-refractivity contribution in [1.82, 2.24) is 5.32 Å². The first kappa shape index (κ1) is 13.7. The quantitative estimate of drug-likeness (QED) is 0.820. The lowest BCUT2D eigenvalue weighted by molar-refractivity contribution is -0.125. The van der Waals surface area contributed by atoms with Crippen LogP contribution in [0.4, 0.5) is 8.78 Å².